The van der Waals surface area contributed by atoms with Gasteiger partial charge in [-0.3, -0.25) is 0 Å². The summed E-state index contributed by atoms with van der Waals surface area (Å²) < 4.78 is 0. The Morgan fingerprint density at radius 3 is 2.76 bits per heavy atom. The number of hydrogen-bond acceptors (Lipinski definition) is 3. The molecule has 2 atom stereocenters. The molecule has 1 heterocycles. The highest BCUT2D eigenvalue weighted by molar-refractivity contribution is 5.18. The van der Waals surface area contributed by atoms with Gasteiger partial charge >= 0.3 is 0 Å². The van der Waals surface area contributed by atoms with Crippen LogP contribution in [0.25, 0.3) is 0 Å². The van der Waals surface area contributed by atoms with Crippen LogP contribution in [-0.2, 0) is 0 Å². The molecular weight excluding hydrogens is 212 g/mol. The predicted octanol–water partition coefficient (Wildman–Crippen LogP) is 1.39. The topological polar surface area (TPSA) is 49.5 Å². The zero-order valence-electron chi connectivity index (χ0n) is 10.3. The van der Waals surface area contributed by atoms with Gasteiger partial charge in [-0.1, -0.05) is 30.3 Å². The first-order valence-corrected chi connectivity index (χ1v) is 6.43. The molecular formula is C14H22N2O. The van der Waals surface area contributed by atoms with Crippen LogP contribution in [0.15, 0.2) is 30.3 Å². The molecule has 0 aliphatic carbocycles. The molecule has 1 aliphatic rings. The molecule has 3 heteroatoms. The first-order chi connectivity index (χ1) is 8.29. The van der Waals surface area contributed by atoms with Crippen LogP contribution in [0, 0.1) is 5.92 Å². The normalized spacial score (nSPS) is 22.8. The molecule has 0 saturated carbocycles. The zero-order valence-corrected chi connectivity index (χ0v) is 10.3. The molecule has 3 N–H and O–H groups in total. The number of nitrogens with two attached hydrogens (primary N) is 1. The van der Waals surface area contributed by atoms with E-state index in [4.69, 9.17) is 10.8 Å². The number of likely N-dealkylation sites (tertiary alicyclic amines) is 1. The Labute approximate surface area is 103 Å². The van der Waals surface area contributed by atoms with E-state index in [1.165, 1.54) is 5.56 Å². The van der Waals surface area contributed by atoms with Gasteiger partial charge in [0.25, 0.3) is 0 Å². The second-order valence-corrected chi connectivity index (χ2v) is 4.94. The molecule has 0 radical (unpaired) electrons. The molecule has 1 saturated heterocycles. The smallest absolute Gasteiger partial charge is 0.0471 e. The SMILES string of the molecule is NC(CCN1CCC(CO)C1)c1ccccc1. The van der Waals surface area contributed by atoms with E-state index < -0.39 is 0 Å². The molecule has 1 aliphatic heterocycles. The summed E-state index contributed by atoms with van der Waals surface area (Å²) in [6, 6.07) is 10.4. The quantitative estimate of drug-likeness (QED) is 0.809. The van der Waals surface area contributed by atoms with Gasteiger partial charge in [0.1, 0.15) is 0 Å². The van der Waals surface area contributed by atoms with Crippen molar-refractivity contribution in [1.29, 1.82) is 0 Å². The highest BCUT2D eigenvalue weighted by Crippen LogP contribution is 2.18. The minimum Gasteiger partial charge on any atom is -0.396 e. The highest BCUT2D eigenvalue weighted by atomic mass is 16.3. The van der Waals surface area contributed by atoms with Crippen molar-refractivity contribution in [3.05, 3.63) is 35.9 Å². The third-order valence-corrected chi connectivity index (χ3v) is 3.61. The minimum atomic E-state index is 0.129. The summed E-state index contributed by atoms with van der Waals surface area (Å²) in [6.45, 7) is 3.48. The lowest BCUT2D eigenvalue weighted by Gasteiger charge is -2.18. The van der Waals surface area contributed by atoms with Gasteiger partial charge in [-0.05, 0) is 37.4 Å². The summed E-state index contributed by atoms with van der Waals surface area (Å²) in [7, 11) is 0. The van der Waals surface area contributed by atoms with Gasteiger partial charge in [0.2, 0.25) is 0 Å². The maximum atomic E-state index is 9.09. The zero-order chi connectivity index (χ0) is 12.1. The van der Waals surface area contributed by atoms with Gasteiger partial charge in [0, 0.05) is 19.2 Å². The molecule has 1 aromatic carbocycles. The number of aliphatic hydroxyl groups excluding tert-OH is 1. The molecule has 1 aromatic rings. The van der Waals surface area contributed by atoms with E-state index in [2.05, 4.69) is 17.0 Å². The Bertz CT molecular complexity index is 328. The van der Waals surface area contributed by atoms with Crippen molar-refractivity contribution < 1.29 is 5.11 Å². The van der Waals surface area contributed by atoms with Crippen LogP contribution >= 0.6 is 0 Å². The molecule has 3 nitrogen and oxygen atoms in total. The number of hydrogen-bond donors (Lipinski definition) is 2. The van der Waals surface area contributed by atoms with Gasteiger partial charge in [0.15, 0.2) is 0 Å². The standard InChI is InChI=1S/C14H22N2O/c15-14(13-4-2-1-3-5-13)7-9-16-8-6-12(10-16)11-17/h1-5,12,14,17H,6-11,15H2. The summed E-state index contributed by atoms with van der Waals surface area (Å²) in [5, 5.41) is 9.09. The van der Waals surface area contributed by atoms with E-state index in [1.807, 2.05) is 18.2 Å². The number of rotatable bonds is 5. The molecule has 0 spiro atoms. The second kappa shape index (κ2) is 6.15. The van der Waals surface area contributed by atoms with E-state index >= 15 is 0 Å². The van der Waals surface area contributed by atoms with Crippen LogP contribution in [-0.4, -0.2) is 36.2 Å². The summed E-state index contributed by atoms with van der Waals surface area (Å²) in [5.74, 6) is 0.475. The summed E-state index contributed by atoms with van der Waals surface area (Å²) in [5.41, 5.74) is 7.38. The fraction of sp³-hybridized carbons (Fsp3) is 0.571. The lowest BCUT2D eigenvalue weighted by Crippen LogP contribution is -2.26. The van der Waals surface area contributed by atoms with E-state index in [0.29, 0.717) is 12.5 Å². The van der Waals surface area contributed by atoms with Crippen LogP contribution < -0.4 is 5.73 Å². The van der Waals surface area contributed by atoms with Gasteiger partial charge in [-0.2, -0.15) is 0 Å². The first-order valence-electron chi connectivity index (χ1n) is 6.43. The van der Waals surface area contributed by atoms with Crippen molar-refractivity contribution in [3.63, 3.8) is 0 Å². The molecule has 2 rings (SSSR count). The fourth-order valence-corrected chi connectivity index (χ4v) is 2.45. The maximum Gasteiger partial charge on any atom is 0.0471 e. The maximum absolute atomic E-state index is 9.09. The van der Waals surface area contributed by atoms with Crippen LogP contribution in [0.4, 0.5) is 0 Å². The third-order valence-electron chi connectivity index (χ3n) is 3.61. The molecule has 94 valence electrons. The van der Waals surface area contributed by atoms with E-state index in [1.54, 1.807) is 0 Å². The van der Waals surface area contributed by atoms with Crippen LogP contribution in [0.2, 0.25) is 0 Å². The summed E-state index contributed by atoms with van der Waals surface area (Å²) in [6.07, 6.45) is 2.11. The van der Waals surface area contributed by atoms with Crippen molar-refractivity contribution in [2.24, 2.45) is 11.7 Å². The van der Waals surface area contributed by atoms with Gasteiger partial charge in [-0.15, -0.1) is 0 Å². The van der Waals surface area contributed by atoms with Crippen molar-refractivity contribution >= 4 is 0 Å². The molecule has 0 amide bonds. The van der Waals surface area contributed by atoms with Crippen molar-refractivity contribution in [2.45, 2.75) is 18.9 Å². The second-order valence-electron chi connectivity index (χ2n) is 4.94. The number of benzene rings is 1. The summed E-state index contributed by atoms with van der Waals surface area (Å²) in [4.78, 5) is 2.41. The Morgan fingerprint density at radius 1 is 1.35 bits per heavy atom. The molecule has 0 bridgehead atoms. The minimum absolute atomic E-state index is 0.129. The van der Waals surface area contributed by atoms with Gasteiger partial charge in [0.05, 0.1) is 0 Å². The Balaban J connectivity index is 1.75. The lowest BCUT2D eigenvalue weighted by atomic mass is 10.0. The van der Waals surface area contributed by atoms with Crippen LogP contribution in [0.1, 0.15) is 24.4 Å². The molecule has 17 heavy (non-hydrogen) atoms. The Hall–Kier alpha value is -0.900. The number of nitrogens with zero attached hydrogens (tertiary/aromatic N) is 1. The predicted molar refractivity (Wildman–Crippen MR) is 69.6 cm³/mol. The van der Waals surface area contributed by atoms with E-state index in [-0.39, 0.29) is 6.04 Å². The average Bonchev–Trinajstić information content (AvgIpc) is 2.85. The average molecular weight is 234 g/mol. The molecule has 1 fully saturated rings. The van der Waals surface area contributed by atoms with Crippen molar-refractivity contribution in [2.75, 3.05) is 26.2 Å². The molecule has 0 aromatic heterocycles. The first kappa shape index (κ1) is 12.6. The Kier molecular flexibility index (Phi) is 4.54. The Morgan fingerprint density at radius 2 is 2.12 bits per heavy atom. The number of aliphatic hydroxyl groups is 1. The largest absolute Gasteiger partial charge is 0.396 e. The summed E-state index contributed by atoms with van der Waals surface area (Å²) >= 11 is 0. The third kappa shape index (κ3) is 3.53. The van der Waals surface area contributed by atoms with Crippen LogP contribution in [0.3, 0.4) is 0 Å². The van der Waals surface area contributed by atoms with Crippen molar-refractivity contribution in [1.82, 2.24) is 4.90 Å². The highest BCUT2D eigenvalue weighted by Gasteiger charge is 2.21. The van der Waals surface area contributed by atoms with Gasteiger partial charge in [-0.25, -0.2) is 0 Å². The monoisotopic (exact) mass is 234 g/mol. The van der Waals surface area contributed by atoms with Gasteiger partial charge < -0.3 is 15.7 Å². The fourth-order valence-electron chi connectivity index (χ4n) is 2.45. The molecule has 2 unspecified atom stereocenters. The van der Waals surface area contributed by atoms with Crippen LogP contribution in [0.5, 0.6) is 0 Å². The van der Waals surface area contributed by atoms with E-state index in [0.717, 1.165) is 32.5 Å². The van der Waals surface area contributed by atoms with E-state index in [9.17, 15) is 0 Å². The van der Waals surface area contributed by atoms with Crippen molar-refractivity contribution in [3.8, 4) is 0 Å². The lowest BCUT2D eigenvalue weighted by molar-refractivity contribution is 0.220.